The molecule has 2 aromatic rings. The quantitative estimate of drug-likeness (QED) is 0.600. The zero-order valence-corrected chi connectivity index (χ0v) is 17.8. The summed E-state index contributed by atoms with van der Waals surface area (Å²) >= 11 is 0. The van der Waals surface area contributed by atoms with E-state index in [0.717, 1.165) is 5.56 Å². The molecular formula is C23H23N5O4. The van der Waals surface area contributed by atoms with Gasteiger partial charge in [0.15, 0.2) is 0 Å². The fourth-order valence-electron chi connectivity index (χ4n) is 3.33. The van der Waals surface area contributed by atoms with Gasteiger partial charge in [0.05, 0.1) is 24.7 Å². The highest BCUT2D eigenvalue weighted by Gasteiger charge is 2.57. The van der Waals surface area contributed by atoms with Crippen LogP contribution in [0.2, 0.25) is 0 Å². The molecule has 2 aromatic carbocycles. The first-order chi connectivity index (χ1) is 15.4. The van der Waals surface area contributed by atoms with Crippen LogP contribution in [-0.2, 0) is 11.3 Å². The normalized spacial score (nSPS) is 18.4. The summed E-state index contributed by atoms with van der Waals surface area (Å²) in [6.45, 7) is 2.10. The average Bonchev–Trinajstić information content (AvgIpc) is 3.50. The van der Waals surface area contributed by atoms with Crippen molar-refractivity contribution in [3.8, 4) is 17.9 Å². The van der Waals surface area contributed by atoms with E-state index < -0.39 is 17.7 Å². The molecule has 0 spiro atoms. The highest BCUT2D eigenvalue weighted by atomic mass is 16.6. The van der Waals surface area contributed by atoms with Crippen LogP contribution in [0.1, 0.15) is 30.9 Å². The van der Waals surface area contributed by atoms with Gasteiger partial charge in [0, 0.05) is 30.4 Å². The van der Waals surface area contributed by atoms with Crippen LogP contribution in [0, 0.1) is 28.6 Å². The van der Waals surface area contributed by atoms with Gasteiger partial charge >= 0.3 is 12.1 Å². The molecule has 0 bridgehead atoms. The second-order valence-electron chi connectivity index (χ2n) is 7.35. The summed E-state index contributed by atoms with van der Waals surface area (Å²) < 4.78 is 10.6. The molecule has 32 heavy (non-hydrogen) atoms. The van der Waals surface area contributed by atoms with Crippen molar-refractivity contribution in [3.05, 3.63) is 53.6 Å². The van der Waals surface area contributed by atoms with E-state index in [9.17, 15) is 9.59 Å². The highest BCUT2D eigenvalue weighted by Crippen LogP contribution is 2.49. The van der Waals surface area contributed by atoms with E-state index in [1.54, 1.807) is 42.5 Å². The molecule has 9 heteroatoms. The number of amides is 3. The minimum absolute atomic E-state index is 0.208. The standard InChI is InChI=1S/C23H23N5O4/c1-3-23(11-17(23)13-25)32-22(30)26-14-15-5-4-6-18(9-15)27-21(29)28-19-8-7-16(12-24)20(10-19)31-2/h4-10,17H,3,11,14H2,1-2H3,(H,26,30)(H2,27,28,29). The number of hydrogen-bond donors (Lipinski definition) is 3. The molecule has 3 rings (SSSR count). The number of rotatable bonds is 7. The topological polar surface area (TPSA) is 136 Å². The second-order valence-corrected chi connectivity index (χ2v) is 7.35. The Morgan fingerprint density at radius 1 is 1.16 bits per heavy atom. The number of nitrogens with zero attached hydrogens (tertiary/aromatic N) is 2. The van der Waals surface area contributed by atoms with Crippen LogP contribution in [-0.4, -0.2) is 24.8 Å². The summed E-state index contributed by atoms with van der Waals surface area (Å²) in [6, 6.07) is 15.4. The molecule has 3 N–H and O–H groups in total. The number of ether oxygens (including phenoxy) is 2. The third kappa shape index (κ3) is 5.27. The Morgan fingerprint density at radius 3 is 2.53 bits per heavy atom. The summed E-state index contributed by atoms with van der Waals surface area (Å²) in [7, 11) is 1.45. The predicted molar refractivity (Wildman–Crippen MR) is 117 cm³/mol. The zero-order chi connectivity index (χ0) is 23.1. The van der Waals surface area contributed by atoms with Crippen molar-refractivity contribution in [2.24, 2.45) is 5.92 Å². The molecule has 1 aliphatic carbocycles. The smallest absolute Gasteiger partial charge is 0.407 e. The van der Waals surface area contributed by atoms with E-state index in [1.807, 2.05) is 13.0 Å². The lowest BCUT2D eigenvalue weighted by Gasteiger charge is -2.16. The number of carbonyl (C=O) groups excluding carboxylic acids is 2. The van der Waals surface area contributed by atoms with Crippen LogP contribution in [0.15, 0.2) is 42.5 Å². The minimum Gasteiger partial charge on any atom is -0.495 e. The number of benzene rings is 2. The van der Waals surface area contributed by atoms with Gasteiger partial charge in [-0.15, -0.1) is 0 Å². The van der Waals surface area contributed by atoms with Crippen molar-refractivity contribution in [2.75, 3.05) is 17.7 Å². The van der Waals surface area contributed by atoms with E-state index in [1.165, 1.54) is 7.11 Å². The number of methoxy groups -OCH3 is 1. The van der Waals surface area contributed by atoms with Crippen LogP contribution in [0.5, 0.6) is 5.75 Å². The fourth-order valence-corrected chi connectivity index (χ4v) is 3.33. The lowest BCUT2D eigenvalue weighted by molar-refractivity contribution is 0.0738. The third-order valence-electron chi connectivity index (χ3n) is 5.28. The number of alkyl carbamates (subject to hydrolysis) is 1. The van der Waals surface area contributed by atoms with Gasteiger partial charge in [-0.1, -0.05) is 19.1 Å². The Kier molecular flexibility index (Phi) is 6.81. The molecule has 0 aromatic heterocycles. The molecule has 0 heterocycles. The summed E-state index contributed by atoms with van der Waals surface area (Å²) in [5.74, 6) is 0.114. The molecule has 0 radical (unpaired) electrons. The number of anilines is 2. The predicted octanol–water partition coefficient (Wildman–Crippen LogP) is 4.13. The van der Waals surface area contributed by atoms with Gasteiger partial charge in [-0.25, -0.2) is 9.59 Å². The van der Waals surface area contributed by atoms with Gasteiger partial charge in [0.25, 0.3) is 0 Å². The Morgan fingerprint density at radius 2 is 1.91 bits per heavy atom. The maximum absolute atomic E-state index is 12.3. The number of nitriles is 2. The third-order valence-corrected chi connectivity index (χ3v) is 5.28. The van der Waals surface area contributed by atoms with E-state index in [-0.39, 0.29) is 12.5 Å². The minimum atomic E-state index is -0.672. The molecule has 3 amide bonds. The summed E-state index contributed by atoms with van der Waals surface area (Å²) in [5, 5.41) is 26.1. The van der Waals surface area contributed by atoms with Crippen molar-refractivity contribution in [2.45, 2.75) is 31.9 Å². The molecule has 0 aliphatic heterocycles. The summed E-state index contributed by atoms with van der Waals surface area (Å²) in [5.41, 5.74) is 1.46. The van der Waals surface area contributed by atoms with Gasteiger partial charge in [-0.05, 0) is 36.2 Å². The molecule has 1 aliphatic rings. The molecular weight excluding hydrogens is 410 g/mol. The van der Waals surface area contributed by atoms with E-state index in [2.05, 4.69) is 22.0 Å². The Hall–Kier alpha value is -4.24. The molecule has 2 unspecified atom stereocenters. The number of urea groups is 1. The van der Waals surface area contributed by atoms with Crippen molar-refractivity contribution >= 4 is 23.5 Å². The monoisotopic (exact) mass is 433 g/mol. The Bertz CT molecular complexity index is 1100. The van der Waals surface area contributed by atoms with Crippen molar-refractivity contribution in [1.29, 1.82) is 10.5 Å². The first-order valence-corrected chi connectivity index (χ1v) is 10.0. The number of hydrogen-bond acceptors (Lipinski definition) is 6. The number of carbonyl (C=O) groups is 2. The van der Waals surface area contributed by atoms with Gasteiger partial charge in [0.2, 0.25) is 0 Å². The first kappa shape index (κ1) is 22.4. The highest BCUT2D eigenvalue weighted by molar-refractivity contribution is 6.00. The van der Waals surface area contributed by atoms with Crippen LogP contribution < -0.4 is 20.7 Å². The maximum atomic E-state index is 12.3. The van der Waals surface area contributed by atoms with E-state index in [4.69, 9.17) is 20.0 Å². The van der Waals surface area contributed by atoms with Gasteiger partial charge in [-0.2, -0.15) is 10.5 Å². The average molecular weight is 433 g/mol. The largest absolute Gasteiger partial charge is 0.495 e. The molecule has 2 atom stereocenters. The SMILES string of the molecule is CCC1(OC(=O)NCc2cccc(NC(=O)Nc3ccc(C#N)c(OC)c3)c2)CC1C#N. The lowest BCUT2D eigenvalue weighted by atomic mass is 10.2. The molecule has 0 saturated heterocycles. The fraction of sp³-hybridized carbons (Fsp3) is 0.304. The van der Waals surface area contributed by atoms with Crippen LogP contribution in [0.4, 0.5) is 21.0 Å². The second kappa shape index (κ2) is 9.71. The van der Waals surface area contributed by atoms with Gasteiger partial charge < -0.3 is 25.4 Å². The van der Waals surface area contributed by atoms with Crippen molar-refractivity contribution < 1.29 is 19.1 Å². The maximum Gasteiger partial charge on any atom is 0.407 e. The van der Waals surface area contributed by atoms with E-state index >= 15 is 0 Å². The number of nitrogens with one attached hydrogen (secondary N) is 3. The van der Waals surface area contributed by atoms with E-state index in [0.29, 0.717) is 35.5 Å². The lowest BCUT2D eigenvalue weighted by Crippen LogP contribution is -2.30. The van der Waals surface area contributed by atoms with Crippen molar-refractivity contribution in [1.82, 2.24) is 5.32 Å². The molecule has 1 fully saturated rings. The summed E-state index contributed by atoms with van der Waals surface area (Å²) in [4.78, 5) is 24.4. The van der Waals surface area contributed by atoms with Gasteiger partial charge in [0.1, 0.15) is 17.4 Å². The molecule has 9 nitrogen and oxygen atoms in total. The van der Waals surface area contributed by atoms with Crippen molar-refractivity contribution in [3.63, 3.8) is 0 Å². The summed E-state index contributed by atoms with van der Waals surface area (Å²) in [6.07, 6.45) is 0.584. The Labute approximate surface area is 185 Å². The first-order valence-electron chi connectivity index (χ1n) is 10.0. The Balaban J connectivity index is 1.53. The van der Waals surface area contributed by atoms with Crippen LogP contribution in [0.3, 0.4) is 0 Å². The molecule has 1 saturated carbocycles. The zero-order valence-electron chi connectivity index (χ0n) is 17.8. The van der Waals surface area contributed by atoms with Crippen LogP contribution >= 0.6 is 0 Å². The van der Waals surface area contributed by atoms with Gasteiger partial charge in [-0.3, -0.25) is 0 Å². The van der Waals surface area contributed by atoms with Crippen LogP contribution in [0.25, 0.3) is 0 Å². The molecule has 164 valence electrons.